The number of likely N-dealkylation sites (N-methyl/N-ethyl adjacent to an activating group) is 2. The first-order chi connectivity index (χ1) is 8.06. The highest BCUT2D eigenvalue weighted by molar-refractivity contribution is 7.98. The van der Waals surface area contributed by atoms with E-state index in [9.17, 15) is 0 Å². The minimum Gasteiger partial charge on any atom is -0.373 e. The Balaban J connectivity index is 2.80. The Bertz CT molecular complexity index is 333. The molecule has 0 aromatic carbocycles. The molecule has 1 N–H and O–H groups in total. The van der Waals surface area contributed by atoms with Gasteiger partial charge in [0, 0.05) is 33.3 Å². The molecule has 96 valence electrons. The van der Waals surface area contributed by atoms with Crippen LogP contribution in [0.3, 0.4) is 0 Å². The molecule has 1 rings (SSSR count). The van der Waals surface area contributed by atoms with Crippen molar-refractivity contribution in [2.75, 3.05) is 57.8 Å². The fourth-order valence-corrected chi connectivity index (χ4v) is 1.67. The molecule has 0 aliphatic heterocycles. The smallest absolute Gasteiger partial charge is 0.191 e. The maximum atomic E-state index is 4.50. The van der Waals surface area contributed by atoms with E-state index < -0.39 is 0 Å². The Morgan fingerprint density at radius 1 is 1.24 bits per heavy atom. The van der Waals surface area contributed by atoms with Crippen LogP contribution in [0.4, 0.5) is 11.6 Å². The van der Waals surface area contributed by atoms with Crippen LogP contribution in [0.25, 0.3) is 0 Å². The van der Waals surface area contributed by atoms with Crippen LogP contribution in [0.2, 0.25) is 0 Å². The lowest BCUT2D eigenvalue weighted by Gasteiger charge is -2.21. The second-order valence-corrected chi connectivity index (χ2v) is 4.85. The van der Waals surface area contributed by atoms with E-state index in [1.165, 1.54) is 0 Å². The number of thioether (sulfide) groups is 1. The lowest BCUT2D eigenvalue weighted by atomic mass is 10.4. The monoisotopic (exact) mass is 255 g/mol. The Morgan fingerprint density at radius 3 is 2.47 bits per heavy atom. The van der Waals surface area contributed by atoms with Crippen LogP contribution >= 0.6 is 11.8 Å². The molecule has 0 atom stereocenters. The SMILES string of the molecule is CNc1cc(N(C)CCN(C)C)nc(SC)n1. The molecule has 0 aliphatic carbocycles. The quantitative estimate of drug-likeness (QED) is 0.609. The number of aromatic nitrogens is 2. The summed E-state index contributed by atoms with van der Waals surface area (Å²) in [6.45, 7) is 1.95. The third-order valence-electron chi connectivity index (χ3n) is 2.40. The molecule has 6 heteroatoms. The normalized spacial score (nSPS) is 10.7. The van der Waals surface area contributed by atoms with Gasteiger partial charge in [-0.1, -0.05) is 11.8 Å². The van der Waals surface area contributed by atoms with E-state index in [0.29, 0.717) is 0 Å². The zero-order valence-electron chi connectivity index (χ0n) is 11.2. The number of nitrogens with zero attached hydrogens (tertiary/aromatic N) is 4. The molecule has 0 amide bonds. The van der Waals surface area contributed by atoms with Gasteiger partial charge in [0.05, 0.1) is 0 Å². The van der Waals surface area contributed by atoms with Crippen molar-refractivity contribution in [3.8, 4) is 0 Å². The fourth-order valence-electron chi connectivity index (χ4n) is 1.29. The minimum absolute atomic E-state index is 0.795. The molecule has 0 saturated carbocycles. The highest BCUT2D eigenvalue weighted by Crippen LogP contribution is 2.19. The number of hydrogen-bond donors (Lipinski definition) is 1. The first-order valence-electron chi connectivity index (χ1n) is 5.53. The molecule has 0 bridgehead atoms. The van der Waals surface area contributed by atoms with E-state index in [4.69, 9.17) is 0 Å². The van der Waals surface area contributed by atoms with Crippen LogP contribution in [-0.2, 0) is 0 Å². The average Bonchev–Trinajstić information content (AvgIpc) is 2.34. The zero-order chi connectivity index (χ0) is 12.8. The van der Waals surface area contributed by atoms with Gasteiger partial charge in [-0.25, -0.2) is 9.97 Å². The second-order valence-electron chi connectivity index (χ2n) is 4.07. The summed E-state index contributed by atoms with van der Waals surface area (Å²) in [7, 11) is 8.06. The van der Waals surface area contributed by atoms with Gasteiger partial charge in [-0.3, -0.25) is 0 Å². The van der Waals surface area contributed by atoms with Crippen LogP contribution in [0.15, 0.2) is 11.2 Å². The predicted molar refractivity (Wildman–Crippen MR) is 75.2 cm³/mol. The van der Waals surface area contributed by atoms with Crippen molar-refractivity contribution in [3.63, 3.8) is 0 Å². The van der Waals surface area contributed by atoms with Gasteiger partial charge in [0.25, 0.3) is 0 Å². The molecule has 1 aromatic heterocycles. The van der Waals surface area contributed by atoms with E-state index >= 15 is 0 Å². The predicted octanol–water partition coefficient (Wildman–Crippen LogP) is 1.24. The molecular formula is C11H21N5S. The van der Waals surface area contributed by atoms with E-state index in [1.807, 2.05) is 19.4 Å². The molecule has 17 heavy (non-hydrogen) atoms. The molecule has 0 unspecified atom stereocenters. The van der Waals surface area contributed by atoms with E-state index in [-0.39, 0.29) is 0 Å². The molecule has 5 nitrogen and oxygen atoms in total. The topological polar surface area (TPSA) is 44.3 Å². The summed E-state index contributed by atoms with van der Waals surface area (Å²) < 4.78 is 0. The van der Waals surface area contributed by atoms with Crippen molar-refractivity contribution in [3.05, 3.63) is 6.07 Å². The molecule has 0 saturated heterocycles. The van der Waals surface area contributed by atoms with Gasteiger partial charge in [-0.15, -0.1) is 0 Å². The molecule has 0 radical (unpaired) electrons. The van der Waals surface area contributed by atoms with Crippen molar-refractivity contribution < 1.29 is 0 Å². The highest BCUT2D eigenvalue weighted by Gasteiger charge is 2.07. The molecular weight excluding hydrogens is 234 g/mol. The zero-order valence-corrected chi connectivity index (χ0v) is 12.0. The second kappa shape index (κ2) is 6.66. The number of hydrogen-bond acceptors (Lipinski definition) is 6. The maximum absolute atomic E-state index is 4.50. The Kier molecular flexibility index (Phi) is 5.50. The minimum atomic E-state index is 0.795. The standard InChI is InChI=1S/C11H21N5S/c1-12-9-8-10(14-11(13-9)17-5)16(4)7-6-15(2)3/h8H,6-7H2,1-5H3,(H,12,13,14). The van der Waals surface area contributed by atoms with E-state index in [0.717, 1.165) is 29.9 Å². The number of nitrogens with one attached hydrogen (secondary N) is 1. The van der Waals surface area contributed by atoms with Crippen molar-refractivity contribution in [2.24, 2.45) is 0 Å². The van der Waals surface area contributed by atoms with Crippen LogP contribution in [0, 0.1) is 0 Å². The van der Waals surface area contributed by atoms with Gasteiger partial charge >= 0.3 is 0 Å². The third-order valence-corrected chi connectivity index (χ3v) is 2.95. The number of rotatable bonds is 6. The Labute approximate surface area is 108 Å². The number of anilines is 2. The van der Waals surface area contributed by atoms with Gasteiger partial charge < -0.3 is 15.1 Å². The van der Waals surface area contributed by atoms with E-state index in [2.05, 4.69) is 46.2 Å². The summed E-state index contributed by atoms with van der Waals surface area (Å²) in [5.41, 5.74) is 0. The average molecular weight is 255 g/mol. The molecule has 1 aromatic rings. The summed E-state index contributed by atoms with van der Waals surface area (Å²) in [4.78, 5) is 13.1. The Morgan fingerprint density at radius 2 is 1.94 bits per heavy atom. The Hall–Kier alpha value is -1.01. The van der Waals surface area contributed by atoms with Gasteiger partial charge in [0.15, 0.2) is 5.16 Å². The summed E-state index contributed by atoms with van der Waals surface area (Å²) >= 11 is 1.55. The molecule has 1 heterocycles. The summed E-state index contributed by atoms with van der Waals surface area (Å²) in [6, 6.07) is 1.97. The van der Waals surface area contributed by atoms with Crippen LogP contribution in [0.5, 0.6) is 0 Å². The molecule has 0 spiro atoms. The summed E-state index contributed by atoms with van der Waals surface area (Å²) in [6.07, 6.45) is 1.98. The van der Waals surface area contributed by atoms with Gasteiger partial charge in [-0.05, 0) is 20.4 Å². The van der Waals surface area contributed by atoms with E-state index in [1.54, 1.807) is 11.8 Å². The molecule has 0 aliphatic rings. The summed E-state index contributed by atoms with van der Waals surface area (Å²) in [5, 5.41) is 3.86. The van der Waals surface area contributed by atoms with Gasteiger partial charge in [0.1, 0.15) is 11.6 Å². The van der Waals surface area contributed by atoms with Crippen molar-refractivity contribution in [2.45, 2.75) is 5.16 Å². The maximum Gasteiger partial charge on any atom is 0.191 e. The van der Waals surface area contributed by atoms with Crippen LogP contribution in [-0.4, -0.2) is 62.4 Å². The lowest BCUT2D eigenvalue weighted by Crippen LogP contribution is -2.29. The van der Waals surface area contributed by atoms with Crippen molar-refractivity contribution in [1.29, 1.82) is 0 Å². The van der Waals surface area contributed by atoms with Crippen molar-refractivity contribution >= 4 is 23.4 Å². The molecule has 0 fully saturated rings. The third kappa shape index (κ3) is 4.40. The van der Waals surface area contributed by atoms with Crippen LogP contribution < -0.4 is 10.2 Å². The van der Waals surface area contributed by atoms with Crippen LogP contribution in [0.1, 0.15) is 0 Å². The highest BCUT2D eigenvalue weighted by atomic mass is 32.2. The van der Waals surface area contributed by atoms with Gasteiger partial charge in [-0.2, -0.15) is 0 Å². The first-order valence-corrected chi connectivity index (χ1v) is 6.76. The lowest BCUT2D eigenvalue weighted by molar-refractivity contribution is 0.416. The largest absolute Gasteiger partial charge is 0.373 e. The fraction of sp³-hybridized carbons (Fsp3) is 0.636. The van der Waals surface area contributed by atoms with Crippen molar-refractivity contribution in [1.82, 2.24) is 14.9 Å². The van der Waals surface area contributed by atoms with Gasteiger partial charge in [0.2, 0.25) is 0 Å². The summed E-state index contributed by atoms with van der Waals surface area (Å²) in [5.74, 6) is 1.81. The first kappa shape index (κ1) is 14.1.